The second-order valence-corrected chi connectivity index (χ2v) is 11.1. The Morgan fingerprint density at radius 1 is 0.545 bits per heavy atom. The summed E-state index contributed by atoms with van der Waals surface area (Å²) in [7, 11) is 0. The van der Waals surface area contributed by atoms with E-state index < -0.39 is 0 Å². The second kappa shape index (κ2) is 14.3. The third-order valence-electron chi connectivity index (χ3n) is 8.04. The Bertz CT molecular complexity index is 1700. The van der Waals surface area contributed by atoms with Crippen molar-refractivity contribution in [2.45, 2.75) is 32.4 Å². The molecule has 0 aliphatic carbocycles. The van der Waals surface area contributed by atoms with Gasteiger partial charge < -0.3 is 4.90 Å². The highest BCUT2D eigenvalue weighted by atomic mass is 16.1. The first-order valence-corrected chi connectivity index (χ1v) is 15.2. The Kier molecular flexibility index (Phi) is 9.34. The van der Waals surface area contributed by atoms with Crippen LogP contribution in [0.25, 0.3) is 22.3 Å². The average Bonchev–Trinajstić information content (AvgIpc) is 3.09. The van der Waals surface area contributed by atoms with Crippen LogP contribution < -0.4 is 4.90 Å². The number of pyridine rings is 1. The third-order valence-corrected chi connectivity index (χ3v) is 8.04. The van der Waals surface area contributed by atoms with E-state index in [-0.39, 0.29) is 5.78 Å². The Labute approximate surface area is 260 Å². The van der Waals surface area contributed by atoms with Crippen molar-refractivity contribution in [3.05, 3.63) is 180 Å². The smallest absolute Gasteiger partial charge is 0.137 e. The Hall–Kier alpha value is -5.28. The molecule has 3 heteroatoms. The summed E-state index contributed by atoms with van der Waals surface area (Å²) >= 11 is 0. The van der Waals surface area contributed by atoms with E-state index in [1.165, 1.54) is 33.4 Å². The molecule has 6 aromatic rings. The molecular formula is C41H36N2O. The summed E-state index contributed by atoms with van der Waals surface area (Å²) < 4.78 is 0. The number of carbonyl (C=O) groups excluding carboxylic acids is 1. The maximum absolute atomic E-state index is 12.8. The topological polar surface area (TPSA) is 33.2 Å². The van der Waals surface area contributed by atoms with Gasteiger partial charge in [-0.2, -0.15) is 0 Å². The molecular weight excluding hydrogens is 536 g/mol. The lowest BCUT2D eigenvalue weighted by atomic mass is 9.97. The van der Waals surface area contributed by atoms with Gasteiger partial charge in [0.1, 0.15) is 5.78 Å². The van der Waals surface area contributed by atoms with Gasteiger partial charge >= 0.3 is 0 Å². The van der Waals surface area contributed by atoms with Gasteiger partial charge in [0.15, 0.2) is 0 Å². The predicted octanol–water partition coefficient (Wildman–Crippen LogP) is 9.37. The summed E-state index contributed by atoms with van der Waals surface area (Å²) in [4.78, 5) is 19.4. The molecule has 0 aliphatic rings. The van der Waals surface area contributed by atoms with Crippen LogP contribution >= 0.6 is 0 Å². The van der Waals surface area contributed by atoms with Crippen LogP contribution in [0.4, 0.5) is 5.69 Å². The maximum atomic E-state index is 12.8. The zero-order valence-electron chi connectivity index (χ0n) is 24.8. The average molecular weight is 573 g/mol. The van der Waals surface area contributed by atoms with Crippen molar-refractivity contribution in [3.63, 3.8) is 0 Å². The molecule has 44 heavy (non-hydrogen) atoms. The number of ketones is 1. The SMILES string of the molecule is O=C(CCc1cccnc1)Cc1ccc(N(Cc2ccccc2-c2ccccc2)Cc2ccccc2-c2ccccc2)cc1. The first kappa shape index (κ1) is 28.8. The summed E-state index contributed by atoms with van der Waals surface area (Å²) in [5.41, 5.74) is 10.7. The molecule has 216 valence electrons. The van der Waals surface area contributed by atoms with E-state index in [2.05, 4.69) is 143 Å². The lowest BCUT2D eigenvalue weighted by Gasteiger charge is -2.28. The highest BCUT2D eigenvalue weighted by Crippen LogP contribution is 2.30. The molecule has 0 spiro atoms. The number of rotatable bonds is 12. The molecule has 1 aromatic heterocycles. The van der Waals surface area contributed by atoms with E-state index >= 15 is 0 Å². The van der Waals surface area contributed by atoms with Crippen molar-refractivity contribution >= 4 is 11.5 Å². The summed E-state index contributed by atoms with van der Waals surface area (Å²) in [5.74, 6) is 0.243. The lowest BCUT2D eigenvalue weighted by Crippen LogP contribution is -2.23. The third kappa shape index (κ3) is 7.37. The van der Waals surface area contributed by atoms with Gasteiger partial charge in [-0.05, 0) is 69.1 Å². The van der Waals surface area contributed by atoms with Crippen molar-refractivity contribution < 1.29 is 4.79 Å². The Morgan fingerprint density at radius 3 is 1.64 bits per heavy atom. The fourth-order valence-electron chi connectivity index (χ4n) is 5.74. The van der Waals surface area contributed by atoms with Crippen LogP contribution in [0.15, 0.2) is 158 Å². The van der Waals surface area contributed by atoms with Crippen molar-refractivity contribution in [1.29, 1.82) is 0 Å². The number of aryl methyl sites for hydroxylation is 1. The van der Waals surface area contributed by atoms with Crippen molar-refractivity contribution in [1.82, 2.24) is 4.98 Å². The molecule has 0 radical (unpaired) electrons. The van der Waals surface area contributed by atoms with Gasteiger partial charge in [0.25, 0.3) is 0 Å². The molecule has 0 atom stereocenters. The highest BCUT2D eigenvalue weighted by Gasteiger charge is 2.15. The van der Waals surface area contributed by atoms with Gasteiger partial charge in [-0.15, -0.1) is 0 Å². The van der Waals surface area contributed by atoms with Gasteiger partial charge in [-0.1, -0.05) is 127 Å². The minimum Gasteiger partial charge on any atom is -0.363 e. The van der Waals surface area contributed by atoms with E-state index in [1.807, 2.05) is 18.3 Å². The number of carbonyl (C=O) groups is 1. The number of nitrogens with zero attached hydrogens (tertiary/aromatic N) is 2. The van der Waals surface area contributed by atoms with E-state index in [4.69, 9.17) is 0 Å². The number of hydrogen-bond donors (Lipinski definition) is 0. The minimum atomic E-state index is 0.243. The van der Waals surface area contributed by atoms with Crippen LogP contribution in [0.3, 0.4) is 0 Å². The van der Waals surface area contributed by atoms with Crippen LogP contribution in [-0.4, -0.2) is 10.8 Å². The molecule has 0 amide bonds. The van der Waals surface area contributed by atoms with Crippen molar-refractivity contribution in [2.24, 2.45) is 0 Å². The summed E-state index contributed by atoms with van der Waals surface area (Å²) in [6, 6.07) is 51.0. The molecule has 3 nitrogen and oxygen atoms in total. The largest absolute Gasteiger partial charge is 0.363 e. The van der Waals surface area contributed by atoms with Crippen LogP contribution in [0.5, 0.6) is 0 Å². The van der Waals surface area contributed by atoms with Crippen molar-refractivity contribution in [3.8, 4) is 22.3 Å². The van der Waals surface area contributed by atoms with Crippen LogP contribution in [-0.2, 0) is 30.7 Å². The normalized spacial score (nSPS) is 10.8. The fraction of sp³-hybridized carbons (Fsp3) is 0.122. The minimum absolute atomic E-state index is 0.243. The lowest BCUT2D eigenvalue weighted by molar-refractivity contribution is -0.118. The van der Waals surface area contributed by atoms with Gasteiger partial charge in [0.2, 0.25) is 0 Å². The Balaban J connectivity index is 1.27. The molecule has 0 bridgehead atoms. The molecule has 6 rings (SSSR count). The van der Waals surface area contributed by atoms with E-state index in [1.54, 1.807) is 6.20 Å². The van der Waals surface area contributed by atoms with Gasteiger partial charge in [0.05, 0.1) is 0 Å². The van der Waals surface area contributed by atoms with E-state index in [0.717, 1.165) is 36.3 Å². The molecule has 0 aliphatic heterocycles. The number of Topliss-reactive ketones (excluding diaryl/α,β-unsaturated/α-hetero) is 1. The van der Waals surface area contributed by atoms with Gasteiger partial charge in [-0.25, -0.2) is 0 Å². The second-order valence-electron chi connectivity index (χ2n) is 11.1. The number of hydrogen-bond acceptors (Lipinski definition) is 3. The molecule has 0 unspecified atom stereocenters. The van der Waals surface area contributed by atoms with Gasteiger partial charge in [-0.3, -0.25) is 9.78 Å². The standard InChI is InChI=1S/C41H36N2O/c44-39(26-23-33-12-11-27-42-29-33)28-32-21-24-38(25-22-32)43(30-36-17-7-9-19-40(36)34-13-3-1-4-14-34)31-37-18-8-10-20-41(37)35-15-5-2-6-16-35/h1-22,24-25,27,29H,23,26,28,30-31H2. The highest BCUT2D eigenvalue weighted by molar-refractivity contribution is 5.81. The number of anilines is 1. The molecule has 0 saturated carbocycles. The van der Waals surface area contributed by atoms with Crippen LogP contribution in [0.2, 0.25) is 0 Å². The zero-order valence-corrected chi connectivity index (χ0v) is 24.8. The fourth-order valence-corrected chi connectivity index (χ4v) is 5.74. The Morgan fingerprint density at radius 2 is 1.09 bits per heavy atom. The van der Waals surface area contributed by atoms with E-state index in [9.17, 15) is 4.79 Å². The molecule has 1 heterocycles. The summed E-state index contributed by atoms with van der Waals surface area (Å²) in [5, 5.41) is 0. The molecule has 5 aromatic carbocycles. The monoisotopic (exact) mass is 572 g/mol. The predicted molar refractivity (Wildman–Crippen MR) is 181 cm³/mol. The van der Waals surface area contributed by atoms with Gasteiger partial charge in [0, 0.05) is 44.0 Å². The number of benzene rings is 5. The first-order valence-electron chi connectivity index (χ1n) is 15.2. The van der Waals surface area contributed by atoms with E-state index in [0.29, 0.717) is 12.8 Å². The maximum Gasteiger partial charge on any atom is 0.137 e. The number of aromatic nitrogens is 1. The molecule has 0 saturated heterocycles. The molecule has 0 fully saturated rings. The quantitative estimate of drug-likeness (QED) is 0.146. The van der Waals surface area contributed by atoms with Crippen LogP contribution in [0, 0.1) is 0 Å². The molecule has 0 N–H and O–H groups in total. The van der Waals surface area contributed by atoms with Crippen LogP contribution in [0.1, 0.15) is 28.7 Å². The summed E-state index contributed by atoms with van der Waals surface area (Å²) in [6.07, 6.45) is 5.28. The first-order chi connectivity index (χ1) is 21.7. The zero-order chi connectivity index (χ0) is 30.0. The summed E-state index contributed by atoms with van der Waals surface area (Å²) in [6.45, 7) is 1.50. The van der Waals surface area contributed by atoms with Crippen molar-refractivity contribution in [2.75, 3.05) is 4.90 Å².